The van der Waals surface area contributed by atoms with Crippen LogP contribution in [0.25, 0.3) is 0 Å². The molecule has 22 heavy (non-hydrogen) atoms. The number of hydrogen-bond acceptors (Lipinski definition) is 5. The number of carbonyl (C=O) groups excluding carboxylic acids is 1. The molecule has 2 heterocycles. The molecule has 0 radical (unpaired) electrons. The lowest BCUT2D eigenvalue weighted by Crippen LogP contribution is -2.42. The third-order valence-electron chi connectivity index (χ3n) is 4.11. The summed E-state index contributed by atoms with van der Waals surface area (Å²) in [7, 11) is 0. The molecule has 1 saturated heterocycles. The molecule has 2 rings (SSSR count). The molecule has 8 heteroatoms. The van der Waals surface area contributed by atoms with Gasteiger partial charge >= 0.3 is 5.82 Å². The Labute approximate surface area is 129 Å². The van der Waals surface area contributed by atoms with Crippen molar-refractivity contribution in [2.45, 2.75) is 33.2 Å². The van der Waals surface area contributed by atoms with Crippen LogP contribution in [0.1, 0.15) is 25.6 Å². The predicted octanol–water partition coefficient (Wildman–Crippen LogP) is 0.948. The molecule has 0 aromatic carbocycles. The van der Waals surface area contributed by atoms with E-state index >= 15 is 0 Å². The lowest BCUT2D eigenvalue weighted by molar-refractivity contribution is -0.389. The third-order valence-corrected chi connectivity index (χ3v) is 4.11. The van der Waals surface area contributed by atoms with Gasteiger partial charge < -0.3 is 20.3 Å². The second-order valence-electron chi connectivity index (χ2n) is 5.66. The number of likely N-dealkylation sites (tertiary alicyclic amines) is 1. The van der Waals surface area contributed by atoms with E-state index in [0.717, 1.165) is 39.0 Å². The highest BCUT2D eigenvalue weighted by molar-refractivity contribution is 5.76. The van der Waals surface area contributed by atoms with Crippen LogP contribution in [-0.4, -0.2) is 51.5 Å². The number of imidazole rings is 1. The van der Waals surface area contributed by atoms with Crippen LogP contribution in [0.2, 0.25) is 0 Å². The smallest absolute Gasteiger partial charge is 0.358 e. The second-order valence-corrected chi connectivity index (χ2v) is 5.66. The van der Waals surface area contributed by atoms with Crippen molar-refractivity contribution in [3.05, 3.63) is 22.1 Å². The topological polar surface area (TPSA) is 93.3 Å². The maximum atomic E-state index is 12.3. The summed E-state index contributed by atoms with van der Waals surface area (Å²) < 4.78 is 1.55. The lowest BCUT2D eigenvalue weighted by Gasteiger charge is -2.32. The van der Waals surface area contributed by atoms with Gasteiger partial charge in [0.2, 0.25) is 11.7 Å². The van der Waals surface area contributed by atoms with Gasteiger partial charge in [0.05, 0.1) is 0 Å². The molecule has 0 unspecified atom stereocenters. The van der Waals surface area contributed by atoms with Crippen LogP contribution >= 0.6 is 0 Å². The molecule has 1 aliphatic rings. The number of aryl methyl sites for hydroxylation is 1. The molecule has 0 saturated carbocycles. The first-order valence-corrected chi connectivity index (χ1v) is 7.68. The zero-order valence-corrected chi connectivity index (χ0v) is 13.1. The highest BCUT2D eigenvalue weighted by Crippen LogP contribution is 2.17. The van der Waals surface area contributed by atoms with Gasteiger partial charge in [-0.2, -0.15) is 0 Å². The Hall–Kier alpha value is -1.96. The van der Waals surface area contributed by atoms with Crippen molar-refractivity contribution in [3.63, 3.8) is 0 Å². The molecule has 0 spiro atoms. The number of hydrogen-bond donors (Lipinski definition) is 1. The van der Waals surface area contributed by atoms with E-state index in [1.54, 1.807) is 11.5 Å². The normalized spacial score (nSPS) is 16.0. The van der Waals surface area contributed by atoms with Gasteiger partial charge in [-0.3, -0.25) is 9.36 Å². The van der Waals surface area contributed by atoms with Crippen molar-refractivity contribution in [1.82, 2.24) is 19.8 Å². The van der Waals surface area contributed by atoms with Crippen LogP contribution in [0.4, 0.5) is 5.82 Å². The van der Waals surface area contributed by atoms with Crippen molar-refractivity contribution >= 4 is 11.7 Å². The summed E-state index contributed by atoms with van der Waals surface area (Å²) in [6, 6.07) is 0. The standard InChI is InChI=1S/C14H23N5O3/c1-3-15-8-12-4-6-17(7-5-12)14(20)10-18-9-13(19(21)22)16-11(18)2/h9,12,15H,3-8,10H2,1-2H3. The van der Waals surface area contributed by atoms with Crippen molar-refractivity contribution in [2.75, 3.05) is 26.2 Å². The highest BCUT2D eigenvalue weighted by atomic mass is 16.6. The van der Waals surface area contributed by atoms with E-state index in [0.29, 0.717) is 11.7 Å². The SMILES string of the molecule is CCNCC1CCN(C(=O)Cn2cc([N+](=O)[O-])nc2C)CC1. The Morgan fingerprint density at radius 2 is 2.18 bits per heavy atom. The Balaban J connectivity index is 1.87. The van der Waals surface area contributed by atoms with Gasteiger partial charge in [0.1, 0.15) is 12.7 Å². The van der Waals surface area contributed by atoms with E-state index in [9.17, 15) is 14.9 Å². The van der Waals surface area contributed by atoms with Crippen molar-refractivity contribution < 1.29 is 9.72 Å². The fourth-order valence-corrected chi connectivity index (χ4v) is 2.72. The van der Waals surface area contributed by atoms with Gasteiger partial charge in [-0.15, -0.1) is 0 Å². The van der Waals surface area contributed by atoms with Gasteiger partial charge in [0, 0.05) is 20.0 Å². The fourth-order valence-electron chi connectivity index (χ4n) is 2.72. The Bertz CT molecular complexity index is 535. The molecular formula is C14H23N5O3. The molecule has 1 N–H and O–H groups in total. The average Bonchev–Trinajstić information content (AvgIpc) is 2.87. The number of rotatable bonds is 6. The first-order valence-electron chi connectivity index (χ1n) is 7.68. The number of aromatic nitrogens is 2. The average molecular weight is 309 g/mol. The largest absolute Gasteiger partial charge is 0.381 e. The van der Waals surface area contributed by atoms with E-state index < -0.39 is 4.92 Å². The van der Waals surface area contributed by atoms with E-state index in [-0.39, 0.29) is 18.3 Å². The molecule has 1 aliphatic heterocycles. The molecule has 1 fully saturated rings. The minimum Gasteiger partial charge on any atom is -0.358 e. The summed E-state index contributed by atoms with van der Waals surface area (Å²) >= 11 is 0. The van der Waals surface area contributed by atoms with E-state index in [4.69, 9.17) is 0 Å². The molecule has 1 aromatic heterocycles. The summed E-state index contributed by atoms with van der Waals surface area (Å²) in [5, 5.41) is 14.0. The van der Waals surface area contributed by atoms with Crippen LogP contribution in [0, 0.1) is 23.0 Å². The fraction of sp³-hybridized carbons (Fsp3) is 0.714. The van der Waals surface area contributed by atoms with E-state index in [2.05, 4.69) is 17.2 Å². The van der Waals surface area contributed by atoms with Crippen LogP contribution in [0.5, 0.6) is 0 Å². The zero-order chi connectivity index (χ0) is 16.1. The summed E-state index contributed by atoms with van der Waals surface area (Å²) in [5.41, 5.74) is 0. The number of amides is 1. The number of nitrogens with zero attached hydrogens (tertiary/aromatic N) is 4. The minimum atomic E-state index is -0.541. The molecule has 8 nitrogen and oxygen atoms in total. The predicted molar refractivity (Wildman–Crippen MR) is 81.5 cm³/mol. The maximum absolute atomic E-state index is 12.3. The van der Waals surface area contributed by atoms with Crippen LogP contribution in [0.3, 0.4) is 0 Å². The number of nitrogens with one attached hydrogen (secondary N) is 1. The van der Waals surface area contributed by atoms with Gasteiger partial charge in [-0.1, -0.05) is 6.92 Å². The van der Waals surface area contributed by atoms with E-state index in [1.165, 1.54) is 6.20 Å². The van der Waals surface area contributed by atoms with Crippen molar-refractivity contribution in [1.29, 1.82) is 0 Å². The minimum absolute atomic E-state index is 0.00250. The van der Waals surface area contributed by atoms with Crippen LogP contribution in [-0.2, 0) is 11.3 Å². The van der Waals surface area contributed by atoms with Gasteiger partial charge in [-0.05, 0) is 41.8 Å². The van der Waals surface area contributed by atoms with E-state index in [1.807, 2.05) is 4.90 Å². The van der Waals surface area contributed by atoms with Crippen molar-refractivity contribution in [3.8, 4) is 0 Å². The monoisotopic (exact) mass is 309 g/mol. The first kappa shape index (κ1) is 16.4. The zero-order valence-electron chi connectivity index (χ0n) is 13.1. The first-order chi connectivity index (χ1) is 10.5. The molecule has 0 aliphatic carbocycles. The molecular weight excluding hydrogens is 286 g/mol. The summed E-state index contributed by atoms with van der Waals surface area (Å²) in [5.74, 6) is 0.897. The molecule has 1 aromatic rings. The van der Waals surface area contributed by atoms with Crippen LogP contribution in [0.15, 0.2) is 6.20 Å². The van der Waals surface area contributed by atoms with Gasteiger partial charge in [0.15, 0.2) is 0 Å². The summed E-state index contributed by atoms with van der Waals surface area (Å²) in [6.07, 6.45) is 3.33. The lowest BCUT2D eigenvalue weighted by atomic mass is 9.97. The summed E-state index contributed by atoms with van der Waals surface area (Å²) in [4.78, 5) is 28.2. The van der Waals surface area contributed by atoms with Crippen molar-refractivity contribution in [2.24, 2.45) is 5.92 Å². The highest BCUT2D eigenvalue weighted by Gasteiger charge is 2.24. The van der Waals surface area contributed by atoms with Crippen LogP contribution < -0.4 is 5.32 Å². The Morgan fingerprint density at radius 1 is 1.50 bits per heavy atom. The quantitative estimate of drug-likeness (QED) is 0.624. The number of carbonyl (C=O) groups is 1. The Morgan fingerprint density at radius 3 is 2.73 bits per heavy atom. The molecule has 0 bridgehead atoms. The number of nitro groups is 1. The second kappa shape index (κ2) is 7.35. The molecule has 1 amide bonds. The number of piperidine rings is 1. The maximum Gasteiger partial charge on any atom is 0.381 e. The summed E-state index contributed by atoms with van der Waals surface area (Å²) in [6.45, 7) is 7.36. The molecule has 0 atom stereocenters. The van der Waals surface area contributed by atoms with Gasteiger partial charge in [-0.25, -0.2) is 0 Å². The third kappa shape index (κ3) is 4.03. The molecule has 122 valence electrons. The Kier molecular flexibility index (Phi) is 5.48. The van der Waals surface area contributed by atoms with Gasteiger partial charge in [0.25, 0.3) is 0 Å².